The molecule has 252 valence electrons. The van der Waals surface area contributed by atoms with Gasteiger partial charge in [-0.1, -0.05) is 25.1 Å². The average Bonchev–Trinajstić information content (AvgIpc) is 3.67. The minimum atomic E-state index is -0.498. The number of aliphatic hydroxyl groups excluding tert-OH is 1. The number of carbonyl (C=O) groups excluding carboxylic acids is 3. The molecule has 0 radical (unpaired) electrons. The van der Waals surface area contributed by atoms with E-state index < -0.39 is 12.1 Å². The second kappa shape index (κ2) is 13.9. The van der Waals surface area contributed by atoms with E-state index in [1.807, 2.05) is 49.0 Å². The minimum Gasteiger partial charge on any atom is -0.488 e. The summed E-state index contributed by atoms with van der Waals surface area (Å²) in [6.07, 6.45) is 1.68. The molecule has 0 saturated heterocycles. The van der Waals surface area contributed by atoms with E-state index in [4.69, 9.17) is 14.2 Å². The molecule has 3 atom stereocenters. The largest absolute Gasteiger partial charge is 0.488 e. The van der Waals surface area contributed by atoms with Crippen LogP contribution in [0.1, 0.15) is 25.0 Å². The maximum atomic E-state index is 13.6. The van der Waals surface area contributed by atoms with Crippen LogP contribution in [0.15, 0.2) is 66.9 Å². The van der Waals surface area contributed by atoms with Crippen molar-refractivity contribution in [3.63, 3.8) is 0 Å². The number of aromatic nitrogens is 1. The Balaban J connectivity index is 1.20. The van der Waals surface area contributed by atoms with Crippen LogP contribution in [0.3, 0.4) is 0 Å². The van der Waals surface area contributed by atoms with Gasteiger partial charge in [-0.05, 0) is 48.9 Å². The standard InChI is InChI=1S/C36H41N5O7/c1-22-17-41(23(2)20-42)35(44)15-24-13-26(37-34(43)14-25-18-39(3)29-8-6-5-7-28(25)29)9-11-30(24)48-33(22)19-40(4)36(45)38-27-10-12-31-32(16-27)47-21-46-31/h5-13,16,18,22-23,33,42H,14-15,17,19-21H2,1-4H3,(H,37,43)(H,38,45)/t22-,23-,33+/m0/s1. The number of carbonyl (C=O) groups is 3. The van der Waals surface area contributed by atoms with Gasteiger partial charge in [-0.2, -0.15) is 0 Å². The lowest BCUT2D eigenvalue weighted by atomic mass is 10.0. The van der Waals surface area contributed by atoms with E-state index in [1.165, 1.54) is 4.90 Å². The third kappa shape index (κ3) is 7.03. The summed E-state index contributed by atoms with van der Waals surface area (Å²) in [6.45, 7) is 4.25. The third-order valence-corrected chi connectivity index (χ3v) is 8.96. The summed E-state index contributed by atoms with van der Waals surface area (Å²) in [6, 6.07) is 17.7. The lowest BCUT2D eigenvalue weighted by molar-refractivity contribution is -0.134. The van der Waals surface area contributed by atoms with Crippen molar-refractivity contribution in [1.82, 2.24) is 14.4 Å². The Kier molecular flexibility index (Phi) is 9.44. The Labute approximate surface area is 279 Å². The zero-order valence-corrected chi connectivity index (χ0v) is 27.6. The summed E-state index contributed by atoms with van der Waals surface area (Å²) < 4.78 is 19.4. The van der Waals surface area contributed by atoms with Gasteiger partial charge in [-0.25, -0.2) is 4.79 Å². The van der Waals surface area contributed by atoms with Crippen LogP contribution in [0.5, 0.6) is 17.2 Å². The summed E-state index contributed by atoms with van der Waals surface area (Å²) in [7, 11) is 3.64. The number of ether oxygens (including phenoxy) is 3. The van der Waals surface area contributed by atoms with Crippen LogP contribution < -0.4 is 24.8 Å². The predicted octanol–water partition coefficient (Wildman–Crippen LogP) is 4.40. The van der Waals surface area contributed by atoms with Crippen molar-refractivity contribution in [2.75, 3.05) is 44.2 Å². The fourth-order valence-corrected chi connectivity index (χ4v) is 6.22. The molecule has 48 heavy (non-hydrogen) atoms. The van der Waals surface area contributed by atoms with Crippen molar-refractivity contribution in [2.45, 2.75) is 38.8 Å². The van der Waals surface area contributed by atoms with Crippen molar-refractivity contribution in [2.24, 2.45) is 13.0 Å². The van der Waals surface area contributed by atoms with Crippen LogP contribution in [-0.4, -0.2) is 83.0 Å². The number of aryl methyl sites for hydroxylation is 1. The number of nitrogens with zero attached hydrogens (tertiary/aromatic N) is 3. The molecular formula is C36H41N5O7. The molecule has 0 spiro atoms. The fraction of sp³-hybridized carbons (Fsp3) is 0.361. The number of anilines is 2. The molecule has 0 saturated carbocycles. The molecule has 12 heteroatoms. The smallest absolute Gasteiger partial charge is 0.321 e. The molecule has 6 rings (SSSR count). The topological polar surface area (TPSA) is 135 Å². The molecule has 1 aromatic heterocycles. The van der Waals surface area contributed by atoms with E-state index in [0.717, 1.165) is 16.5 Å². The highest BCUT2D eigenvalue weighted by Gasteiger charge is 2.32. The SMILES string of the molecule is C[C@H]1CN([C@@H](C)CO)C(=O)Cc2cc(NC(=O)Cc3cn(C)c4ccccc34)ccc2O[C@@H]1CN(C)C(=O)Nc1ccc2c(c1)OCO2. The zero-order valence-electron chi connectivity index (χ0n) is 27.6. The number of nitrogens with one attached hydrogen (secondary N) is 2. The van der Waals surface area contributed by atoms with E-state index in [9.17, 15) is 19.5 Å². The fourth-order valence-electron chi connectivity index (χ4n) is 6.22. The number of fused-ring (bicyclic) bond motifs is 3. The van der Waals surface area contributed by atoms with Crippen LogP contribution in [0.25, 0.3) is 10.9 Å². The lowest BCUT2D eigenvalue weighted by Gasteiger charge is -2.34. The molecule has 2 aliphatic heterocycles. The van der Waals surface area contributed by atoms with E-state index in [-0.39, 0.29) is 56.5 Å². The second-order valence-corrected chi connectivity index (χ2v) is 12.6. The van der Waals surface area contributed by atoms with Gasteiger partial charge in [0.05, 0.1) is 32.0 Å². The van der Waals surface area contributed by atoms with Crippen LogP contribution in [-0.2, 0) is 29.5 Å². The molecule has 3 N–H and O–H groups in total. The summed E-state index contributed by atoms with van der Waals surface area (Å²) in [5, 5.41) is 16.9. The maximum absolute atomic E-state index is 13.6. The molecule has 12 nitrogen and oxygen atoms in total. The Morgan fingerprint density at radius 1 is 1.02 bits per heavy atom. The molecule has 3 aromatic carbocycles. The number of benzene rings is 3. The monoisotopic (exact) mass is 655 g/mol. The molecule has 2 aliphatic rings. The van der Waals surface area contributed by atoms with Gasteiger partial charge < -0.3 is 44.3 Å². The highest BCUT2D eigenvalue weighted by Crippen LogP contribution is 2.34. The van der Waals surface area contributed by atoms with Gasteiger partial charge in [0.25, 0.3) is 0 Å². The van der Waals surface area contributed by atoms with Crippen LogP contribution >= 0.6 is 0 Å². The van der Waals surface area contributed by atoms with E-state index in [2.05, 4.69) is 10.6 Å². The van der Waals surface area contributed by atoms with Gasteiger partial charge in [0.2, 0.25) is 18.6 Å². The van der Waals surface area contributed by atoms with Gasteiger partial charge in [0, 0.05) is 66.7 Å². The first kappa shape index (κ1) is 32.7. The molecule has 0 bridgehead atoms. The quantitative estimate of drug-likeness (QED) is 0.256. The molecule has 0 unspecified atom stereocenters. The summed E-state index contributed by atoms with van der Waals surface area (Å²) >= 11 is 0. The Morgan fingerprint density at radius 3 is 2.54 bits per heavy atom. The number of hydrogen-bond donors (Lipinski definition) is 3. The Hall–Kier alpha value is -5.23. The van der Waals surface area contributed by atoms with Gasteiger partial charge in [0.1, 0.15) is 11.9 Å². The lowest BCUT2D eigenvalue weighted by Crippen LogP contribution is -2.48. The summed E-state index contributed by atoms with van der Waals surface area (Å²) in [4.78, 5) is 43.2. The first-order chi connectivity index (χ1) is 23.1. The number of aliphatic hydroxyl groups is 1. The number of hydrogen-bond acceptors (Lipinski definition) is 7. The van der Waals surface area contributed by atoms with Gasteiger partial charge in [-0.15, -0.1) is 0 Å². The molecule has 3 heterocycles. The maximum Gasteiger partial charge on any atom is 0.321 e. The number of para-hydroxylation sites is 1. The number of amides is 4. The molecular weight excluding hydrogens is 614 g/mol. The van der Waals surface area contributed by atoms with E-state index >= 15 is 0 Å². The average molecular weight is 656 g/mol. The predicted molar refractivity (Wildman–Crippen MR) is 181 cm³/mol. The molecule has 4 amide bonds. The van der Waals surface area contributed by atoms with Gasteiger partial charge in [-0.3, -0.25) is 9.59 Å². The highest BCUT2D eigenvalue weighted by molar-refractivity contribution is 5.96. The molecule has 0 aliphatic carbocycles. The van der Waals surface area contributed by atoms with Gasteiger partial charge in [0.15, 0.2) is 11.5 Å². The zero-order chi connectivity index (χ0) is 33.9. The van der Waals surface area contributed by atoms with E-state index in [1.54, 1.807) is 55.3 Å². The number of likely N-dealkylation sites (N-methyl/N-ethyl adjacent to an activating group) is 1. The van der Waals surface area contributed by atoms with Crippen LogP contribution in [0.2, 0.25) is 0 Å². The Morgan fingerprint density at radius 2 is 1.75 bits per heavy atom. The first-order valence-corrected chi connectivity index (χ1v) is 16.0. The number of rotatable bonds is 8. The summed E-state index contributed by atoms with van der Waals surface area (Å²) in [5.41, 5.74) is 3.68. The normalized spacial score (nSPS) is 17.9. The third-order valence-electron chi connectivity index (χ3n) is 8.96. The van der Waals surface area contributed by atoms with Crippen LogP contribution in [0, 0.1) is 5.92 Å². The van der Waals surface area contributed by atoms with Crippen molar-refractivity contribution in [3.8, 4) is 17.2 Å². The van der Waals surface area contributed by atoms with Crippen molar-refractivity contribution in [3.05, 3.63) is 78.0 Å². The second-order valence-electron chi connectivity index (χ2n) is 12.6. The molecule has 0 fully saturated rings. The molecule has 4 aromatic rings. The van der Waals surface area contributed by atoms with Crippen LogP contribution in [0.4, 0.5) is 16.2 Å². The summed E-state index contributed by atoms with van der Waals surface area (Å²) in [5.74, 6) is 1.13. The minimum absolute atomic E-state index is 0.0204. The van der Waals surface area contributed by atoms with Gasteiger partial charge >= 0.3 is 6.03 Å². The van der Waals surface area contributed by atoms with Crippen molar-refractivity contribution < 1.29 is 33.7 Å². The van der Waals surface area contributed by atoms with Crippen molar-refractivity contribution >= 4 is 40.1 Å². The van der Waals surface area contributed by atoms with Crippen molar-refractivity contribution in [1.29, 1.82) is 0 Å². The first-order valence-electron chi connectivity index (χ1n) is 16.0. The highest BCUT2D eigenvalue weighted by atomic mass is 16.7. The van der Waals surface area contributed by atoms with E-state index in [0.29, 0.717) is 40.7 Å². The Bertz CT molecular complexity index is 1840. The number of urea groups is 1.